The minimum absolute atomic E-state index is 0.203. The summed E-state index contributed by atoms with van der Waals surface area (Å²) in [6.45, 7) is 0. The molecule has 0 radical (unpaired) electrons. The molecule has 1 aromatic rings. The predicted octanol–water partition coefficient (Wildman–Crippen LogP) is 2.19. The van der Waals surface area contributed by atoms with Gasteiger partial charge in [-0.2, -0.15) is 8.78 Å². The van der Waals surface area contributed by atoms with Crippen LogP contribution in [0.3, 0.4) is 0 Å². The fourth-order valence-electron chi connectivity index (χ4n) is 0.911. The molecule has 13 heavy (non-hydrogen) atoms. The monoisotopic (exact) mass is 186 g/mol. The largest absolute Gasteiger partial charge is 0.383 e. The van der Waals surface area contributed by atoms with E-state index in [4.69, 9.17) is 0 Å². The molecule has 1 rings (SSSR count). The molecular weight excluding hydrogens is 178 g/mol. The highest BCUT2D eigenvalue weighted by Crippen LogP contribution is 2.28. The van der Waals surface area contributed by atoms with Gasteiger partial charge >= 0.3 is 6.11 Å². The van der Waals surface area contributed by atoms with Crippen molar-refractivity contribution in [2.75, 3.05) is 7.11 Å². The lowest BCUT2D eigenvalue weighted by Crippen LogP contribution is -2.15. The number of benzene rings is 1. The van der Waals surface area contributed by atoms with Crippen molar-refractivity contribution >= 4 is 6.29 Å². The standard InChI is InChI=1S/C9H8F2O2/c1-13-9(10,11)8-4-2-3-7(5-8)6-12/h2-6H,1H3. The molecule has 4 heteroatoms. The molecule has 70 valence electrons. The Labute approximate surface area is 74.1 Å². The van der Waals surface area contributed by atoms with Crippen LogP contribution in [-0.4, -0.2) is 13.4 Å². The second-order valence-corrected chi connectivity index (χ2v) is 2.46. The number of aldehydes is 1. The van der Waals surface area contributed by atoms with Crippen molar-refractivity contribution in [3.8, 4) is 0 Å². The van der Waals surface area contributed by atoms with Crippen molar-refractivity contribution < 1.29 is 18.3 Å². The van der Waals surface area contributed by atoms with Crippen LogP contribution in [0.15, 0.2) is 24.3 Å². The molecule has 0 N–H and O–H groups in total. The fraction of sp³-hybridized carbons (Fsp3) is 0.222. The number of carbonyl (C=O) groups is 1. The first-order chi connectivity index (χ1) is 6.10. The summed E-state index contributed by atoms with van der Waals surface area (Å²) in [7, 11) is 0.910. The lowest BCUT2D eigenvalue weighted by molar-refractivity contribution is -0.231. The molecule has 0 aliphatic heterocycles. The first-order valence-corrected chi connectivity index (χ1v) is 3.59. The Morgan fingerprint density at radius 1 is 1.46 bits per heavy atom. The van der Waals surface area contributed by atoms with Crippen molar-refractivity contribution in [1.82, 2.24) is 0 Å². The van der Waals surface area contributed by atoms with Crippen molar-refractivity contribution in [3.63, 3.8) is 0 Å². The van der Waals surface area contributed by atoms with Gasteiger partial charge in [-0.15, -0.1) is 0 Å². The summed E-state index contributed by atoms with van der Waals surface area (Å²) in [4.78, 5) is 10.3. The van der Waals surface area contributed by atoms with Gasteiger partial charge in [-0.1, -0.05) is 18.2 Å². The van der Waals surface area contributed by atoms with Gasteiger partial charge in [-0.05, 0) is 6.07 Å². The normalized spacial score (nSPS) is 11.3. The minimum Gasteiger partial charge on any atom is -0.320 e. The van der Waals surface area contributed by atoms with Crippen LogP contribution in [0.4, 0.5) is 8.78 Å². The van der Waals surface area contributed by atoms with Crippen LogP contribution in [0.5, 0.6) is 0 Å². The molecule has 1 aromatic carbocycles. The summed E-state index contributed by atoms with van der Waals surface area (Å²) in [6, 6.07) is 5.13. The van der Waals surface area contributed by atoms with Crippen molar-refractivity contribution in [1.29, 1.82) is 0 Å². The van der Waals surface area contributed by atoms with Gasteiger partial charge in [0.2, 0.25) is 0 Å². The highest BCUT2D eigenvalue weighted by Gasteiger charge is 2.30. The molecule has 0 saturated heterocycles. The van der Waals surface area contributed by atoms with Crippen LogP contribution in [0.2, 0.25) is 0 Å². The first-order valence-electron chi connectivity index (χ1n) is 3.59. The Bertz CT molecular complexity index is 310. The van der Waals surface area contributed by atoms with E-state index in [9.17, 15) is 13.6 Å². The number of methoxy groups -OCH3 is 1. The molecule has 0 bridgehead atoms. The third kappa shape index (κ3) is 2.09. The average molecular weight is 186 g/mol. The van der Waals surface area contributed by atoms with E-state index in [0.717, 1.165) is 13.2 Å². The van der Waals surface area contributed by atoms with E-state index in [1.807, 2.05) is 0 Å². The van der Waals surface area contributed by atoms with Gasteiger partial charge in [-0.3, -0.25) is 4.79 Å². The molecule has 0 amide bonds. The lowest BCUT2D eigenvalue weighted by Gasteiger charge is -2.13. The van der Waals surface area contributed by atoms with E-state index in [1.54, 1.807) is 0 Å². The van der Waals surface area contributed by atoms with Crippen LogP contribution in [0.25, 0.3) is 0 Å². The zero-order valence-corrected chi connectivity index (χ0v) is 6.96. The quantitative estimate of drug-likeness (QED) is 0.676. The van der Waals surface area contributed by atoms with Gasteiger partial charge in [0.15, 0.2) is 0 Å². The molecule has 0 atom stereocenters. The van der Waals surface area contributed by atoms with Crippen molar-refractivity contribution in [2.24, 2.45) is 0 Å². The first kappa shape index (κ1) is 9.80. The van der Waals surface area contributed by atoms with Gasteiger partial charge in [0.05, 0.1) is 5.56 Å². The maximum atomic E-state index is 12.9. The molecule has 0 unspecified atom stereocenters. The van der Waals surface area contributed by atoms with Gasteiger partial charge in [0, 0.05) is 12.7 Å². The topological polar surface area (TPSA) is 26.3 Å². The maximum absolute atomic E-state index is 12.9. The summed E-state index contributed by atoms with van der Waals surface area (Å²) in [6.07, 6.45) is -2.83. The number of carbonyl (C=O) groups excluding carboxylic acids is 1. The zero-order valence-electron chi connectivity index (χ0n) is 6.96. The Morgan fingerprint density at radius 2 is 2.15 bits per heavy atom. The Hall–Kier alpha value is -1.29. The number of rotatable bonds is 3. The SMILES string of the molecule is COC(F)(F)c1cccc(C=O)c1. The van der Waals surface area contributed by atoms with E-state index in [-0.39, 0.29) is 11.1 Å². The zero-order chi connectivity index (χ0) is 9.90. The van der Waals surface area contributed by atoms with Gasteiger partial charge in [0.1, 0.15) is 6.29 Å². The molecule has 0 heterocycles. The van der Waals surface area contributed by atoms with Crippen LogP contribution < -0.4 is 0 Å². The summed E-state index contributed by atoms with van der Waals surface area (Å²) >= 11 is 0. The second kappa shape index (κ2) is 3.62. The molecule has 2 nitrogen and oxygen atoms in total. The molecule has 0 aromatic heterocycles. The molecule has 0 spiro atoms. The van der Waals surface area contributed by atoms with E-state index in [2.05, 4.69) is 4.74 Å². The van der Waals surface area contributed by atoms with Crippen LogP contribution in [0, 0.1) is 0 Å². The Morgan fingerprint density at radius 3 is 2.69 bits per heavy atom. The summed E-state index contributed by atoms with van der Waals surface area (Å²) in [5.41, 5.74) is -0.117. The van der Waals surface area contributed by atoms with E-state index < -0.39 is 6.11 Å². The van der Waals surface area contributed by atoms with Crippen LogP contribution in [0.1, 0.15) is 15.9 Å². The van der Waals surface area contributed by atoms with E-state index in [0.29, 0.717) is 6.29 Å². The van der Waals surface area contributed by atoms with Gasteiger partial charge < -0.3 is 4.74 Å². The third-order valence-electron chi connectivity index (χ3n) is 1.62. The number of ether oxygens (including phenoxy) is 1. The molecule has 0 aliphatic carbocycles. The summed E-state index contributed by atoms with van der Waals surface area (Å²) < 4.78 is 29.7. The van der Waals surface area contributed by atoms with Crippen LogP contribution >= 0.6 is 0 Å². The number of hydrogen-bond donors (Lipinski definition) is 0. The van der Waals surface area contributed by atoms with Gasteiger partial charge in [0.25, 0.3) is 0 Å². The lowest BCUT2D eigenvalue weighted by atomic mass is 10.1. The minimum atomic E-state index is -3.33. The third-order valence-corrected chi connectivity index (χ3v) is 1.62. The number of halogens is 2. The van der Waals surface area contributed by atoms with Crippen LogP contribution in [-0.2, 0) is 10.8 Å². The van der Waals surface area contributed by atoms with Gasteiger partial charge in [-0.25, -0.2) is 0 Å². The second-order valence-electron chi connectivity index (χ2n) is 2.46. The smallest absolute Gasteiger partial charge is 0.320 e. The number of alkyl halides is 2. The molecule has 0 saturated carbocycles. The summed E-state index contributed by atoms with van der Waals surface area (Å²) in [5.74, 6) is 0. The van der Waals surface area contributed by atoms with Crippen molar-refractivity contribution in [2.45, 2.75) is 6.11 Å². The molecule has 0 fully saturated rings. The maximum Gasteiger partial charge on any atom is 0.383 e. The van der Waals surface area contributed by atoms with E-state index >= 15 is 0 Å². The molecular formula is C9H8F2O2. The fourth-order valence-corrected chi connectivity index (χ4v) is 0.911. The van der Waals surface area contributed by atoms with Crippen molar-refractivity contribution in [3.05, 3.63) is 35.4 Å². The average Bonchev–Trinajstić information content (AvgIpc) is 2.18. The van der Waals surface area contributed by atoms with E-state index in [1.165, 1.54) is 18.2 Å². The predicted molar refractivity (Wildman–Crippen MR) is 42.7 cm³/mol. The summed E-state index contributed by atoms with van der Waals surface area (Å²) in [5, 5.41) is 0. The highest BCUT2D eigenvalue weighted by atomic mass is 19.3. The Balaban J connectivity index is 3.08. The Kier molecular flexibility index (Phi) is 2.72. The molecule has 0 aliphatic rings. The number of hydrogen-bond acceptors (Lipinski definition) is 2. The highest BCUT2D eigenvalue weighted by molar-refractivity contribution is 5.74.